The molecule has 1 aromatic carbocycles. The molecule has 0 saturated heterocycles. The molecule has 5 N–H and O–H groups in total. The maximum Gasteiger partial charge on any atom is 0.294 e. The maximum atomic E-state index is 11.3. The van der Waals surface area contributed by atoms with Crippen molar-refractivity contribution in [2.75, 3.05) is 12.8 Å². The summed E-state index contributed by atoms with van der Waals surface area (Å²) in [5.41, 5.74) is 9.46. The number of rotatable bonds is 5. The highest BCUT2D eigenvalue weighted by molar-refractivity contribution is 7.98. The molecule has 2 aromatic rings. The van der Waals surface area contributed by atoms with Crippen LogP contribution in [0.25, 0.3) is 0 Å². The van der Waals surface area contributed by atoms with Crippen LogP contribution >= 0.6 is 23.1 Å². The zero-order valence-corrected chi connectivity index (χ0v) is 12.4. The van der Waals surface area contributed by atoms with Crippen LogP contribution in [0.2, 0.25) is 0 Å². The maximum absolute atomic E-state index is 11.3. The third-order valence-electron chi connectivity index (χ3n) is 2.47. The molecule has 2 rings (SSSR count). The van der Waals surface area contributed by atoms with Gasteiger partial charge in [-0.2, -0.15) is 0 Å². The van der Waals surface area contributed by atoms with Gasteiger partial charge in [0.05, 0.1) is 12.8 Å². The molecule has 1 aromatic heterocycles. The summed E-state index contributed by atoms with van der Waals surface area (Å²) in [6, 6.07) is 5.49. The fourth-order valence-electron chi connectivity index (χ4n) is 1.46. The van der Waals surface area contributed by atoms with Crippen molar-refractivity contribution in [2.45, 2.75) is 10.6 Å². The lowest BCUT2D eigenvalue weighted by atomic mass is 10.3. The Kier molecular flexibility index (Phi) is 4.83. The van der Waals surface area contributed by atoms with Crippen LogP contribution in [0.15, 0.2) is 28.5 Å². The minimum Gasteiger partial charge on any atom is -0.497 e. The number of nitrogens with zero attached hydrogens (tertiary/aromatic N) is 1. The molecule has 0 radical (unpaired) electrons. The second-order valence-electron chi connectivity index (χ2n) is 3.81. The SMILES string of the molecule is COc1ccc(N)c(SCc2csc(C(=O)NN)n2)c1. The van der Waals surface area contributed by atoms with Crippen LogP contribution < -0.4 is 21.7 Å². The molecule has 1 amide bonds. The second-order valence-corrected chi connectivity index (χ2v) is 5.69. The number of methoxy groups -OCH3 is 1. The fourth-order valence-corrected chi connectivity index (χ4v) is 3.17. The monoisotopic (exact) mass is 310 g/mol. The molecule has 20 heavy (non-hydrogen) atoms. The molecule has 1 heterocycles. The number of aromatic nitrogens is 1. The van der Waals surface area contributed by atoms with E-state index in [1.54, 1.807) is 13.2 Å². The number of thiazole rings is 1. The molecular formula is C12H14N4O2S2. The molecule has 0 atom stereocenters. The molecule has 0 saturated carbocycles. The molecule has 0 aliphatic carbocycles. The summed E-state index contributed by atoms with van der Waals surface area (Å²) in [6.45, 7) is 0. The molecule has 0 fully saturated rings. The van der Waals surface area contributed by atoms with E-state index in [2.05, 4.69) is 10.4 Å². The Bertz CT molecular complexity index is 615. The lowest BCUT2D eigenvalue weighted by molar-refractivity contribution is 0.0953. The predicted octanol–water partition coefficient (Wildman–Crippen LogP) is 1.63. The Balaban J connectivity index is 2.05. The first kappa shape index (κ1) is 14.6. The van der Waals surface area contributed by atoms with Crippen LogP contribution in [-0.2, 0) is 5.75 Å². The van der Waals surface area contributed by atoms with Crippen LogP contribution in [0.4, 0.5) is 5.69 Å². The smallest absolute Gasteiger partial charge is 0.294 e. The van der Waals surface area contributed by atoms with Crippen LogP contribution in [0.1, 0.15) is 15.5 Å². The first-order chi connectivity index (χ1) is 9.63. The Labute approximate surface area is 124 Å². The molecular weight excluding hydrogens is 296 g/mol. The van der Waals surface area contributed by atoms with Gasteiger partial charge >= 0.3 is 0 Å². The molecule has 0 aliphatic rings. The normalized spacial score (nSPS) is 10.3. The van der Waals surface area contributed by atoms with E-state index in [9.17, 15) is 4.79 Å². The van der Waals surface area contributed by atoms with Crippen molar-refractivity contribution in [2.24, 2.45) is 5.84 Å². The minimum absolute atomic E-state index is 0.349. The Morgan fingerprint density at radius 1 is 1.55 bits per heavy atom. The second kappa shape index (κ2) is 6.60. The summed E-state index contributed by atoms with van der Waals surface area (Å²) in [6.07, 6.45) is 0. The van der Waals surface area contributed by atoms with Gasteiger partial charge in [0.2, 0.25) is 0 Å². The lowest BCUT2D eigenvalue weighted by Gasteiger charge is -2.06. The van der Waals surface area contributed by atoms with Gasteiger partial charge in [-0.15, -0.1) is 23.1 Å². The van der Waals surface area contributed by atoms with Crippen molar-refractivity contribution in [3.05, 3.63) is 34.3 Å². The summed E-state index contributed by atoms with van der Waals surface area (Å²) in [5, 5.41) is 2.18. The molecule has 0 unspecified atom stereocenters. The largest absolute Gasteiger partial charge is 0.497 e. The van der Waals surface area contributed by atoms with E-state index in [4.69, 9.17) is 16.3 Å². The first-order valence-electron chi connectivity index (χ1n) is 5.65. The molecule has 0 spiro atoms. The lowest BCUT2D eigenvalue weighted by Crippen LogP contribution is -2.29. The number of nitrogens with two attached hydrogens (primary N) is 2. The Morgan fingerprint density at radius 2 is 2.35 bits per heavy atom. The fraction of sp³-hybridized carbons (Fsp3) is 0.167. The van der Waals surface area contributed by atoms with Crippen molar-refractivity contribution in [3.63, 3.8) is 0 Å². The summed E-state index contributed by atoms with van der Waals surface area (Å²) in [4.78, 5) is 16.4. The first-order valence-corrected chi connectivity index (χ1v) is 7.52. The third-order valence-corrected chi connectivity index (χ3v) is 4.47. The van der Waals surface area contributed by atoms with Gasteiger partial charge in [-0.25, -0.2) is 10.8 Å². The summed E-state index contributed by atoms with van der Waals surface area (Å²) in [5.74, 6) is 6.05. The van der Waals surface area contributed by atoms with Crippen molar-refractivity contribution in [1.29, 1.82) is 0 Å². The average molecular weight is 310 g/mol. The Hall–Kier alpha value is -1.77. The van der Waals surface area contributed by atoms with Crippen LogP contribution in [0, 0.1) is 0 Å². The highest BCUT2D eigenvalue weighted by atomic mass is 32.2. The number of nitrogens with one attached hydrogen (secondary N) is 1. The number of hydrogen-bond donors (Lipinski definition) is 3. The minimum atomic E-state index is -0.382. The van der Waals surface area contributed by atoms with Crippen molar-refractivity contribution in [1.82, 2.24) is 10.4 Å². The molecule has 0 aliphatic heterocycles. The van der Waals surface area contributed by atoms with Gasteiger partial charge in [-0.05, 0) is 18.2 Å². The quantitative estimate of drug-likeness (QED) is 0.255. The third kappa shape index (κ3) is 3.41. The van der Waals surface area contributed by atoms with E-state index in [-0.39, 0.29) is 5.91 Å². The van der Waals surface area contributed by atoms with Gasteiger partial charge in [0, 0.05) is 21.7 Å². The number of hydrazine groups is 1. The van der Waals surface area contributed by atoms with E-state index in [0.29, 0.717) is 16.4 Å². The molecule has 8 heteroatoms. The van der Waals surface area contributed by atoms with E-state index in [1.165, 1.54) is 23.1 Å². The van der Waals surface area contributed by atoms with E-state index < -0.39 is 0 Å². The average Bonchev–Trinajstić information content (AvgIpc) is 2.94. The zero-order valence-electron chi connectivity index (χ0n) is 10.8. The molecule has 106 valence electrons. The number of anilines is 1. The van der Waals surface area contributed by atoms with Gasteiger partial charge in [0.1, 0.15) is 5.75 Å². The van der Waals surface area contributed by atoms with Crippen molar-refractivity contribution in [3.8, 4) is 5.75 Å². The van der Waals surface area contributed by atoms with Crippen molar-refractivity contribution >= 4 is 34.7 Å². The highest BCUT2D eigenvalue weighted by Gasteiger charge is 2.10. The molecule has 6 nitrogen and oxygen atoms in total. The topological polar surface area (TPSA) is 103 Å². The van der Waals surface area contributed by atoms with Gasteiger partial charge in [0.15, 0.2) is 5.01 Å². The summed E-state index contributed by atoms with van der Waals surface area (Å²) < 4.78 is 5.16. The predicted molar refractivity (Wildman–Crippen MR) is 80.7 cm³/mol. The highest BCUT2D eigenvalue weighted by Crippen LogP contribution is 2.31. The van der Waals surface area contributed by atoms with Gasteiger partial charge in [0.25, 0.3) is 5.91 Å². The number of amides is 1. The van der Waals surface area contributed by atoms with E-state index in [1.807, 2.05) is 17.5 Å². The van der Waals surface area contributed by atoms with E-state index >= 15 is 0 Å². The Morgan fingerprint density at radius 3 is 3.05 bits per heavy atom. The number of thioether (sulfide) groups is 1. The summed E-state index contributed by atoms with van der Waals surface area (Å²) in [7, 11) is 1.61. The van der Waals surface area contributed by atoms with Crippen molar-refractivity contribution < 1.29 is 9.53 Å². The van der Waals surface area contributed by atoms with Gasteiger partial charge < -0.3 is 10.5 Å². The number of ether oxygens (including phenoxy) is 1. The standard InChI is InChI=1S/C12H14N4O2S2/c1-18-8-2-3-9(13)10(4-8)19-5-7-6-20-12(15-7)11(17)16-14/h2-4,6H,5,13-14H2,1H3,(H,16,17). The van der Waals surface area contributed by atoms with E-state index in [0.717, 1.165) is 16.3 Å². The number of benzene rings is 1. The van der Waals surface area contributed by atoms with Crippen LogP contribution in [-0.4, -0.2) is 18.0 Å². The van der Waals surface area contributed by atoms with Crippen LogP contribution in [0.3, 0.4) is 0 Å². The molecule has 0 bridgehead atoms. The van der Waals surface area contributed by atoms with Gasteiger partial charge in [-0.3, -0.25) is 10.2 Å². The zero-order chi connectivity index (χ0) is 14.5. The van der Waals surface area contributed by atoms with Crippen LogP contribution in [0.5, 0.6) is 5.75 Å². The number of nitrogen functional groups attached to an aromatic ring is 2. The summed E-state index contributed by atoms with van der Waals surface area (Å²) >= 11 is 2.80. The van der Waals surface area contributed by atoms with Gasteiger partial charge in [-0.1, -0.05) is 0 Å². The number of hydrogen-bond acceptors (Lipinski definition) is 7. The number of carbonyl (C=O) groups excluding carboxylic acids is 1. The number of carbonyl (C=O) groups is 1.